The minimum absolute atomic E-state index is 0.187. The highest BCUT2D eigenvalue weighted by Gasteiger charge is 2.31. The van der Waals surface area contributed by atoms with E-state index in [1.165, 1.54) is 0 Å². The lowest BCUT2D eigenvalue weighted by Crippen LogP contribution is -2.36. The van der Waals surface area contributed by atoms with E-state index in [2.05, 4.69) is 25.4 Å². The third-order valence-electron chi connectivity index (χ3n) is 4.03. The molecule has 0 saturated carbocycles. The average Bonchev–Trinajstić information content (AvgIpc) is 2.98. The summed E-state index contributed by atoms with van der Waals surface area (Å²) >= 11 is 0. The quantitative estimate of drug-likeness (QED) is 0.909. The molecule has 2 aromatic rings. The van der Waals surface area contributed by atoms with E-state index in [9.17, 15) is 4.79 Å². The van der Waals surface area contributed by atoms with Crippen molar-refractivity contribution in [2.24, 2.45) is 5.92 Å². The first-order chi connectivity index (χ1) is 11.5. The van der Waals surface area contributed by atoms with Crippen molar-refractivity contribution >= 4 is 5.91 Å². The highest BCUT2D eigenvalue weighted by molar-refractivity contribution is 5.92. The minimum atomic E-state index is -0.349. The molecule has 8 heteroatoms. The Kier molecular flexibility index (Phi) is 4.84. The van der Waals surface area contributed by atoms with E-state index >= 15 is 0 Å². The van der Waals surface area contributed by atoms with Crippen LogP contribution in [0.25, 0.3) is 0 Å². The number of amides is 1. The number of carbonyl (C=O) groups is 1. The van der Waals surface area contributed by atoms with E-state index in [0.29, 0.717) is 36.4 Å². The van der Waals surface area contributed by atoms with E-state index in [1.807, 2.05) is 6.92 Å². The predicted octanol–water partition coefficient (Wildman–Crippen LogP) is 1.68. The van der Waals surface area contributed by atoms with Gasteiger partial charge in [0.05, 0.1) is 0 Å². The van der Waals surface area contributed by atoms with E-state index in [1.54, 1.807) is 19.9 Å². The van der Waals surface area contributed by atoms with Crippen molar-refractivity contribution in [3.63, 3.8) is 0 Å². The number of nitrogens with one attached hydrogen (secondary N) is 1. The summed E-state index contributed by atoms with van der Waals surface area (Å²) in [6, 6.07) is 1.32. The lowest BCUT2D eigenvalue weighted by molar-refractivity contribution is 0.0467. The lowest BCUT2D eigenvalue weighted by Gasteiger charge is -2.28. The van der Waals surface area contributed by atoms with Gasteiger partial charge in [-0.05, 0) is 45.6 Å². The summed E-state index contributed by atoms with van der Waals surface area (Å²) in [5.41, 5.74) is 1.09. The molecule has 1 N–H and O–H groups in total. The molecule has 1 aliphatic heterocycles. The van der Waals surface area contributed by atoms with Crippen LogP contribution >= 0.6 is 0 Å². The average molecular weight is 331 g/mol. The van der Waals surface area contributed by atoms with Crippen molar-refractivity contribution in [2.75, 3.05) is 13.2 Å². The summed E-state index contributed by atoms with van der Waals surface area (Å²) in [4.78, 5) is 25.4. The van der Waals surface area contributed by atoms with Gasteiger partial charge in [-0.25, -0.2) is 9.97 Å². The van der Waals surface area contributed by atoms with Crippen LogP contribution in [0.3, 0.4) is 0 Å². The SMILES string of the molecule is Cc1cc(C(=O)N[C@@H](c2nc(C)no2)C2CCOCC2)nc(C)n1. The van der Waals surface area contributed by atoms with Crippen LogP contribution in [0.15, 0.2) is 10.6 Å². The topological polar surface area (TPSA) is 103 Å². The Balaban J connectivity index is 1.84. The maximum Gasteiger partial charge on any atom is 0.270 e. The standard InChI is InChI=1S/C16H21N5O3/c1-9-8-13(18-10(2)17-9)15(22)20-14(12-4-6-23-7-5-12)16-19-11(3)21-24-16/h8,12,14H,4-7H2,1-3H3,(H,20,22)/t14-/m1/s1. The molecule has 0 aromatic carbocycles. The van der Waals surface area contributed by atoms with E-state index in [0.717, 1.165) is 18.5 Å². The van der Waals surface area contributed by atoms with Gasteiger partial charge >= 0.3 is 0 Å². The largest absolute Gasteiger partial charge is 0.381 e. The Morgan fingerprint density at radius 1 is 1.17 bits per heavy atom. The van der Waals surface area contributed by atoms with Crippen LogP contribution in [0.2, 0.25) is 0 Å². The Morgan fingerprint density at radius 2 is 1.92 bits per heavy atom. The van der Waals surface area contributed by atoms with Crippen molar-refractivity contribution in [1.29, 1.82) is 0 Å². The zero-order chi connectivity index (χ0) is 17.1. The van der Waals surface area contributed by atoms with Crippen LogP contribution in [0.5, 0.6) is 0 Å². The summed E-state index contributed by atoms with van der Waals surface area (Å²) in [6.07, 6.45) is 1.66. The molecule has 2 aromatic heterocycles. The normalized spacial score (nSPS) is 16.8. The molecule has 8 nitrogen and oxygen atoms in total. The number of carbonyl (C=O) groups excluding carboxylic acids is 1. The van der Waals surface area contributed by atoms with Crippen molar-refractivity contribution in [1.82, 2.24) is 25.4 Å². The molecule has 0 aliphatic carbocycles. The van der Waals surface area contributed by atoms with Crippen LogP contribution in [0.4, 0.5) is 0 Å². The molecule has 1 aliphatic rings. The van der Waals surface area contributed by atoms with Crippen LogP contribution < -0.4 is 5.32 Å². The Morgan fingerprint density at radius 3 is 2.54 bits per heavy atom. The van der Waals surface area contributed by atoms with Crippen LogP contribution in [-0.2, 0) is 4.74 Å². The van der Waals surface area contributed by atoms with Gasteiger partial charge in [-0.15, -0.1) is 0 Å². The molecule has 0 bridgehead atoms. The van der Waals surface area contributed by atoms with E-state index in [-0.39, 0.29) is 17.9 Å². The van der Waals surface area contributed by atoms with Crippen LogP contribution in [-0.4, -0.2) is 39.2 Å². The van der Waals surface area contributed by atoms with Crippen LogP contribution in [0, 0.1) is 26.7 Å². The smallest absolute Gasteiger partial charge is 0.270 e. The predicted molar refractivity (Wildman–Crippen MR) is 84.3 cm³/mol. The van der Waals surface area contributed by atoms with E-state index < -0.39 is 0 Å². The molecule has 128 valence electrons. The first kappa shape index (κ1) is 16.5. The fraction of sp³-hybridized carbons (Fsp3) is 0.562. The summed E-state index contributed by atoms with van der Waals surface area (Å²) in [5, 5.41) is 6.85. The lowest BCUT2D eigenvalue weighted by atomic mass is 9.91. The van der Waals surface area contributed by atoms with Gasteiger partial charge in [-0.1, -0.05) is 5.16 Å². The van der Waals surface area contributed by atoms with Gasteiger partial charge in [0, 0.05) is 18.9 Å². The van der Waals surface area contributed by atoms with Crippen molar-refractivity contribution in [3.8, 4) is 0 Å². The molecule has 1 amide bonds. The van der Waals surface area contributed by atoms with E-state index in [4.69, 9.17) is 9.26 Å². The summed E-state index contributed by atoms with van der Waals surface area (Å²) in [5.74, 6) is 1.46. The second-order valence-corrected chi connectivity index (χ2v) is 6.02. The molecule has 1 fully saturated rings. The molecule has 1 saturated heterocycles. The number of rotatable bonds is 4. The number of ether oxygens (including phenoxy) is 1. The molecule has 3 heterocycles. The maximum absolute atomic E-state index is 12.7. The highest BCUT2D eigenvalue weighted by Crippen LogP contribution is 2.29. The van der Waals surface area contributed by atoms with Gasteiger partial charge in [0.2, 0.25) is 5.89 Å². The molecular formula is C16H21N5O3. The number of aromatic nitrogens is 4. The second-order valence-electron chi connectivity index (χ2n) is 6.02. The van der Waals surface area contributed by atoms with Crippen LogP contribution in [0.1, 0.15) is 52.6 Å². The first-order valence-electron chi connectivity index (χ1n) is 8.04. The second kappa shape index (κ2) is 7.04. The Labute approximate surface area is 140 Å². The highest BCUT2D eigenvalue weighted by atomic mass is 16.5. The minimum Gasteiger partial charge on any atom is -0.381 e. The number of nitrogens with zero attached hydrogens (tertiary/aromatic N) is 4. The number of aryl methyl sites for hydroxylation is 3. The number of hydrogen-bond donors (Lipinski definition) is 1. The molecule has 1 atom stereocenters. The summed E-state index contributed by atoms with van der Waals surface area (Å²) < 4.78 is 10.7. The van der Waals surface area contributed by atoms with Crippen molar-refractivity contribution in [3.05, 3.63) is 35.0 Å². The molecule has 0 unspecified atom stereocenters. The number of hydrogen-bond acceptors (Lipinski definition) is 7. The Hall–Kier alpha value is -2.35. The molecule has 0 radical (unpaired) electrons. The van der Waals surface area contributed by atoms with Gasteiger partial charge < -0.3 is 14.6 Å². The zero-order valence-electron chi connectivity index (χ0n) is 14.1. The fourth-order valence-corrected chi connectivity index (χ4v) is 2.92. The summed E-state index contributed by atoms with van der Waals surface area (Å²) in [7, 11) is 0. The maximum atomic E-state index is 12.7. The Bertz CT molecular complexity index is 704. The molecule has 0 spiro atoms. The molecule has 3 rings (SSSR count). The third kappa shape index (κ3) is 3.76. The summed E-state index contributed by atoms with van der Waals surface area (Å²) in [6.45, 7) is 6.68. The molecular weight excluding hydrogens is 310 g/mol. The van der Waals surface area contributed by atoms with Gasteiger partial charge in [0.15, 0.2) is 5.82 Å². The third-order valence-corrected chi connectivity index (χ3v) is 4.03. The van der Waals surface area contributed by atoms with Gasteiger partial charge in [0.25, 0.3) is 5.91 Å². The van der Waals surface area contributed by atoms with Gasteiger partial charge in [-0.3, -0.25) is 4.79 Å². The van der Waals surface area contributed by atoms with Crippen molar-refractivity contribution in [2.45, 2.75) is 39.7 Å². The fourth-order valence-electron chi connectivity index (χ4n) is 2.92. The van der Waals surface area contributed by atoms with Gasteiger partial charge in [-0.2, -0.15) is 4.98 Å². The monoisotopic (exact) mass is 331 g/mol. The zero-order valence-corrected chi connectivity index (χ0v) is 14.1. The first-order valence-corrected chi connectivity index (χ1v) is 8.04. The van der Waals surface area contributed by atoms with Gasteiger partial charge in [0.1, 0.15) is 17.6 Å². The molecule has 24 heavy (non-hydrogen) atoms. The van der Waals surface area contributed by atoms with Crippen molar-refractivity contribution < 1.29 is 14.1 Å².